The molecule has 0 saturated carbocycles. The summed E-state index contributed by atoms with van der Waals surface area (Å²) in [6.45, 7) is 6.25. The number of hydrogen-bond donors (Lipinski definition) is 0. The van der Waals surface area contributed by atoms with Crippen molar-refractivity contribution < 1.29 is 14.3 Å². The Balaban J connectivity index is 2.54. The number of aryl methyl sites for hydroxylation is 1. The first-order valence-corrected chi connectivity index (χ1v) is 7.84. The number of halogens is 1. The molecule has 2 aromatic heterocycles. The summed E-state index contributed by atoms with van der Waals surface area (Å²) in [5.74, 6) is -0.588. The Morgan fingerprint density at radius 3 is 2.82 bits per heavy atom. The van der Waals surface area contributed by atoms with Crippen molar-refractivity contribution in [1.82, 2.24) is 9.78 Å². The van der Waals surface area contributed by atoms with Crippen LogP contribution in [0.3, 0.4) is 0 Å². The van der Waals surface area contributed by atoms with Crippen molar-refractivity contribution in [3.05, 3.63) is 27.7 Å². The number of nitrogens with zero attached hydrogens (tertiary/aromatic N) is 3. The Bertz CT molecular complexity index is 697. The number of rotatable bonds is 6. The third-order valence-electron chi connectivity index (χ3n) is 3.58. The maximum Gasteiger partial charge on any atom is 0.343 e. The second-order valence-corrected chi connectivity index (χ2v) is 5.48. The number of esters is 1. The van der Waals surface area contributed by atoms with Gasteiger partial charge in [0.2, 0.25) is 0 Å². The molecule has 120 valence electrons. The van der Waals surface area contributed by atoms with Crippen LogP contribution in [0, 0.1) is 12.1 Å². The van der Waals surface area contributed by atoms with Crippen molar-refractivity contribution in [2.45, 2.75) is 46.6 Å². The van der Waals surface area contributed by atoms with Crippen molar-refractivity contribution in [1.29, 1.82) is 0 Å². The van der Waals surface area contributed by atoms with Gasteiger partial charge in [-0.3, -0.25) is 0 Å². The molecule has 0 bridgehead atoms. The summed E-state index contributed by atoms with van der Waals surface area (Å²) >= 11 is 6.32. The normalized spacial score (nSPS) is 11.1. The van der Waals surface area contributed by atoms with Crippen LogP contribution in [0.5, 0.6) is 0 Å². The van der Waals surface area contributed by atoms with Gasteiger partial charge in [0, 0.05) is 0 Å². The fourth-order valence-corrected chi connectivity index (χ4v) is 2.76. The Kier molecular flexibility index (Phi) is 5.24. The van der Waals surface area contributed by atoms with E-state index >= 15 is 0 Å². The number of pyridine rings is 1. The zero-order chi connectivity index (χ0) is 16.3. The van der Waals surface area contributed by atoms with E-state index in [0.717, 1.165) is 19.3 Å². The van der Waals surface area contributed by atoms with E-state index in [-0.39, 0.29) is 22.9 Å². The standard InChI is InChI=1S/C15H20ClN3O3/c1-4-6-7-8-18-14-11(9-17-18)13(16)12(10(3)19(14)21)15(20)22-5-2/h9H,4-8H2,1-3H3. The van der Waals surface area contributed by atoms with Gasteiger partial charge in [0.05, 0.1) is 17.8 Å². The summed E-state index contributed by atoms with van der Waals surface area (Å²) in [7, 11) is 0. The molecular formula is C15H20ClN3O3. The Hall–Kier alpha value is -1.82. The van der Waals surface area contributed by atoms with Crippen LogP contribution >= 0.6 is 11.6 Å². The van der Waals surface area contributed by atoms with Gasteiger partial charge in [0.25, 0.3) is 0 Å². The number of ether oxygens (including phenoxy) is 1. The predicted molar refractivity (Wildman–Crippen MR) is 83.9 cm³/mol. The monoisotopic (exact) mass is 325 g/mol. The molecule has 2 heterocycles. The molecule has 0 radical (unpaired) electrons. The molecule has 6 nitrogen and oxygen atoms in total. The zero-order valence-corrected chi connectivity index (χ0v) is 13.8. The lowest BCUT2D eigenvalue weighted by Crippen LogP contribution is -2.36. The average Bonchev–Trinajstić information content (AvgIpc) is 2.90. The molecule has 0 atom stereocenters. The lowest BCUT2D eigenvalue weighted by atomic mass is 10.1. The summed E-state index contributed by atoms with van der Waals surface area (Å²) in [5.41, 5.74) is 0.721. The van der Waals surface area contributed by atoms with Crippen LogP contribution in [0.4, 0.5) is 0 Å². The Labute approximate surface area is 134 Å². The van der Waals surface area contributed by atoms with E-state index < -0.39 is 5.97 Å². The number of carbonyl (C=O) groups excluding carboxylic acids is 1. The highest BCUT2D eigenvalue weighted by atomic mass is 35.5. The van der Waals surface area contributed by atoms with Gasteiger partial charge in [-0.1, -0.05) is 30.0 Å². The van der Waals surface area contributed by atoms with E-state index in [1.165, 1.54) is 6.20 Å². The summed E-state index contributed by atoms with van der Waals surface area (Å²) in [6, 6.07) is 0. The Morgan fingerprint density at radius 1 is 1.45 bits per heavy atom. The van der Waals surface area contributed by atoms with Gasteiger partial charge in [-0.25, -0.2) is 9.52 Å². The molecule has 0 N–H and O–H groups in total. The number of unbranched alkanes of at least 4 members (excludes halogenated alkanes) is 2. The second kappa shape index (κ2) is 6.96. The van der Waals surface area contributed by atoms with Gasteiger partial charge in [-0.05, 0) is 26.7 Å². The van der Waals surface area contributed by atoms with Crippen molar-refractivity contribution in [3.63, 3.8) is 0 Å². The highest BCUT2D eigenvalue weighted by molar-refractivity contribution is 6.38. The molecule has 0 aliphatic carbocycles. The Morgan fingerprint density at radius 2 is 2.18 bits per heavy atom. The molecule has 2 aromatic rings. The van der Waals surface area contributed by atoms with Crippen molar-refractivity contribution in [3.8, 4) is 0 Å². The van der Waals surface area contributed by atoms with Crippen LogP contribution < -0.4 is 4.73 Å². The molecule has 22 heavy (non-hydrogen) atoms. The number of carbonyl (C=O) groups is 1. The largest absolute Gasteiger partial charge is 0.710 e. The van der Waals surface area contributed by atoms with E-state index in [2.05, 4.69) is 12.0 Å². The van der Waals surface area contributed by atoms with E-state index in [0.29, 0.717) is 22.3 Å². The average molecular weight is 326 g/mol. The predicted octanol–water partition coefficient (Wildman–Crippen LogP) is 3.00. The number of hydrogen-bond acceptors (Lipinski definition) is 4. The zero-order valence-electron chi connectivity index (χ0n) is 13.1. The highest BCUT2D eigenvalue weighted by Gasteiger charge is 2.26. The summed E-state index contributed by atoms with van der Waals surface area (Å²) in [6.07, 6.45) is 4.61. The van der Waals surface area contributed by atoms with Gasteiger partial charge < -0.3 is 9.94 Å². The third kappa shape index (κ3) is 2.88. The molecule has 0 aliphatic rings. The molecule has 0 saturated heterocycles. The van der Waals surface area contributed by atoms with Crippen LogP contribution in [-0.2, 0) is 11.3 Å². The number of fused-ring (bicyclic) bond motifs is 1. The highest BCUT2D eigenvalue weighted by Crippen LogP contribution is 2.27. The minimum absolute atomic E-state index is 0.110. The maximum atomic E-state index is 12.5. The summed E-state index contributed by atoms with van der Waals surface area (Å²) in [5, 5.41) is 17.4. The molecule has 0 aromatic carbocycles. The van der Waals surface area contributed by atoms with E-state index in [4.69, 9.17) is 16.3 Å². The SMILES string of the molecule is CCCCCn1ncc2c(Cl)c(C(=O)OCC)c(C)[n+]([O-])c21. The van der Waals surface area contributed by atoms with Crippen LogP contribution in [0.15, 0.2) is 6.20 Å². The van der Waals surface area contributed by atoms with Gasteiger partial charge in [-0.2, -0.15) is 0 Å². The maximum absolute atomic E-state index is 12.5. The van der Waals surface area contributed by atoms with Crippen LogP contribution in [0.1, 0.15) is 49.2 Å². The first kappa shape index (κ1) is 16.5. The second-order valence-electron chi connectivity index (χ2n) is 5.10. The molecule has 0 spiro atoms. The quantitative estimate of drug-likeness (QED) is 0.354. The third-order valence-corrected chi connectivity index (χ3v) is 3.97. The van der Waals surface area contributed by atoms with E-state index in [9.17, 15) is 10.0 Å². The van der Waals surface area contributed by atoms with Crippen molar-refractivity contribution in [2.75, 3.05) is 6.61 Å². The van der Waals surface area contributed by atoms with Crippen molar-refractivity contribution in [2.24, 2.45) is 0 Å². The van der Waals surface area contributed by atoms with Crippen LogP contribution in [0.25, 0.3) is 11.0 Å². The molecule has 0 amide bonds. The molecular weight excluding hydrogens is 306 g/mol. The lowest BCUT2D eigenvalue weighted by Gasteiger charge is -2.14. The van der Waals surface area contributed by atoms with Crippen LogP contribution in [-0.4, -0.2) is 22.4 Å². The summed E-state index contributed by atoms with van der Waals surface area (Å²) < 4.78 is 7.34. The minimum atomic E-state index is -0.588. The summed E-state index contributed by atoms with van der Waals surface area (Å²) in [4.78, 5) is 12.0. The molecule has 0 aliphatic heterocycles. The molecule has 7 heteroatoms. The molecule has 2 rings (SSSR count). The number of aromatic nitrogens is 3. The first-order chi connectivity index (χ1) is 10.5. The van der Waals surface area contributed by atoms with Gasteiger partial charge in [0.1, 0.15) is 23.2 Å². The fraction of sp³-hybridized carbons (Fsp3) is 0.533. The first-order valence-electron chi connectivity index (χ1n) is 7.47. The fourth-order valence-electron chi connectivity index (χ4n) is 2.42. The molecule has 0 fully saturated rings. The van der Waals surface area contributed by atoms with E-state index in [1.54, 1.807) is 18.5 Å². The molecule has 0 unspecified atom stereocenters. The van der Waals surface area contributed by atoms with Gasteiger partial charge in [-0.15, -0.1) is 4.68 Å². The lowest BCUT2D eigenvalue weighted by molar-refractivity contribution is -0.587. The van der Waals surface area contributed by atoms with Gasteiger partial charge >= 0.3 is 11.6 Å². The van der Waals surface area contributed by atoms with Gasteiger partial charge in [0.15, 0.2) is 0 Å². The topological polar surface area (TPSA) is 71.1 Å². The minimum Gasteiger partial charge on any atom is -0.710 e. The van der Waals surface area contributed by atoms with Crippen molar-refractivity contribution >= 4 is 28.6 Å². The van der Waals surface area contributed by atoms with Crippen LogP contribution in [0.2, 0.25) is 5.02 Å². The van der Waals surface area contributed by atoms with E-state index in [1.807, 2.05) is 0 Å². The smallest absolute Gasteiger partial charge is 0.343 e.